The maximum absolute atomic E-state index is 13.0. The standard InChI is InChI=1S/C17H17FN2O/c1-21-17-10-13(11-19)5-6-15(17)7-8-20-12-14-3-2-4-16(18)9-14/h2-6,9-10,20H,7-8,12H2,1H3. The number of nitrogens with one attached hydrogen (secondary N) is 1. The summed E-state index contributed by atoms with van der Waals surface area (Å²) < 4.78 is 18.3. The second-order valence-electron chi connectivity index (χ2n) is 4.70. The van der Waals surface area contributed by atoms with Crippen LogP contribution in [0.2, 0.25) is 0 Å². The van der Waals surface area contributed by atoms with Crippen LogP contribution < -0.4 is 10.1 Å². The average molecular weight is 284 g/mol. The molecule has 0 aliphatic carbocycles. The van der Waals surface area contributed by atoms with Crippen LogP contribution in [-0.2, 0) is 13.0 Å². The number of hydrogen-bond acceptors (Lipinski definition) is 3. The Morgan fingerprint density at radius 3 is 2.81 bits per heavy atom. The van der Waals surface area contributed by atoms with Crippen molar-refractivity contribution in [2.45, 2.75) is 13.0 Å². The zero-order valence-electron chi connectivity index (χ0n) is 11.9. The summed E-state index contributed by atoms with van der Waals surface area (Å²) in [6.45, 7) is 1.37. The van der Waals surface area contributed by atoms with Crippen molar-refractivity contribution in [3.05, 3.63) is 65.0 Å². The van der Waals surface area contributed by atoms with Crippen molar-refractivity contribution < 1.29 is 9.13 Å². The van der Waals surface area contributed by atoms with Crippen molar-refractivity contribution in [1.82, 2.24) is 5.32 Å². The first-order valence-corrected chi connectivity index (χ1v) is 6.75. The highest BCUT2D eigenvalue weighted by Gasteiger charge is 2.04. The summed E-state index contributed by atoms with van der Waals surface area (Å²) in [6, 6.07) is 14.1. The van der Waals surface area contributed by atoms with Gasteiger partial charge in [0.1, 0.15) is 11.6 Å². The summed E-state index contributed by atoms with van der Waals surface area (Å²) in [5, 5.41) is 12.1. The lowest BCUT2D eigenvalue weighted by Gasteiger charge is -2.09. The molecular weight excluding hydrogens is 267 g/mol. The van der Waals surface area contributed by atoms with Gasteiger partial charge in [0.2, 0.25) is 0 Å². The summed E-state index contributed by atoms with van der Waals surface area (Å²) >= 11 is 0. The lowest BCUT2D eigenvalue weighted by Crippen LogP contribution is -2.17. The first kappa shape index (κ1) is 15.0. The second kappa shape index (κ2) is 7.41. The van der Waals surface area contributed by atoms with E-state index in [0.29, 0.717) is 12.1 Å². The fourth-order valence-electron chi connectivity index (χ4n) is 2.12. The first-order chi connectivity index (χ1) is 10.2. The molecule has 2 aromatic rings. The third-order valence-corrected chi connectivity index (χ3v) is 3.21. The number of ether oxygens (including phenoxy) is 1. The number of hydrogen-bond donors (Lipinski definition) is 1. The van der Waals surface area contributed by atoms with E-state index in [0.717, 1.165) is 29.8 Å². The van der Waals surface area contributed by atoms with Gasteiger partial charge in [-0.25, -0.2) is 4.39 Å². The molecule has 0 bridgehead atoms. The van der Waals surface area contributed by atoms with Crippen molar-refractivity contribution in [3.63, 3.8) is 0 Å². The van der Waals surface area contributed by atoms with Gasteiger partial charge in [-0.1, -0.05) is 18.2 Å². The van der Waals surface area contributed by atoms with Gasteiger partial charge in [-0.2, -0.15) is 5.26 Å². The van der Waals surface area contributed by atoms with Gasteiger partial charge in [0, 0.05) is 6.54 Å². The molecule has 0 aliphatic heterocycles. The fraction of sp³-hybridized carbons (Fsp3) is 0.235. The number of methoxy groups -OCH3 is 1. The summed E-state index contributed by atoms with van der Waals surface area (Å²) in [5.41, 5.74) is 2.55. The van der Waals surface area contributed by atoms with E-state index in [1.165, 1.54) is 12.1 Å². The molecule has 0 aromatic heterocycles. The first-order valence-electron chi connectivity index (χ1n) is 6.75. The molecule has 4 heteroatoms. The molecule has 0 heterocycles. The maximum Gasteiger partial charge on any atom is 0.123 e. The van der Waals surface area contributed by atoms with Crippen LogP contribution in [0.1, 0.15) is 16.7 Å². The summed E-state index contributed by atoms with van der Waals surface area (Å²) in [7, 11) is 1.60. The zero-order valence-corrected chi connectivity index (χ0v) is 11.9. The predicted octanol–water partition coefficient (Wildman–Crippen LogP) is 3.04. The Bertz CT molecular complexity index is 649. The molecule has 21 heavy (non-hydrogen) atoms. The van der Waals surface area contributed by atoms with Crippen molar-refractivity contribution in [3.8, 4) is 11.8 Å². The number of rotatable bonds is 6. The van der Waals surface area contributed by atoms with E-state index in [4.69, 9.17) is 10.00 Å². The molecule has 0 atom stereocenters. The van der Waals surface area contributed by atoms with E-state index >= 15 is 0 Å². The highest BCUT2D eigenvalue weighted by atomic mass is 19.1. The van der Waals surface area contributed by atoms with Gasteiger partial charge in [0.05, 0.1) is 18.7 Å². The summed E-state index contributed by atoms with van der Waals surface area (Å²) in [4.78, 5) is 0. The molecule has 108 valence electrons. The van der Waals surface area contributed by atoms with Gasteiger partial charge in [0.25, 0.3) is 0 Å². The minimum atomic E-state index is -0.219. The zero-order chi connectivity index (χ0) is 15.1. The van der Waals surface area contributed by atoms with Gasteiger partial charge in [-0.05, 0) is 48.4 Å². The second-order valence-corrected chi connectivity index (χ2v) is 4.70. The Hall–Kier alpha value is -2.38. The summed E-state index contributed by atoms with van der Waals surface area (Å²) in [6.07, 6.45) is 0.782. The average Bonchev–Trinajstić information content (AvgIpc) is 2.51. The smallest absolute Gasteiger partial charge is 0.123 e. The van der Waals surface area contributed by atoms with E-state index in [1.54, 1.807) is 25.3 Å². The predicted molar refractivity (Wildman–Crippen MR) is 79.5 cm³/mol. The maximum atomic E-state index is 13.0. The third kappa shape index (κ3) is 4.30. The largest absolute Gasteiger partial charge is 0.496 e. The topological polar surface area (TPSA) is 45.0 Å². The molecule has 1 N–H and O–H groups in total. The van der Waals surface area contributed by atoms with Crippen LogP contribution in [0.3, 0.4) is 0 Å². The third-order valence-electron chi connectivity index (χ3n) is 3.21. The normalized spacial score (nSPS) is 10.1. The minimum absolute atomic E-state index is 0.219. The van der Waals surface area contributed by atoms with E-state index in [9.17, 15) is 4.39 Å². The van der Waals surface area contributed by atoms with Crippen LogP contribution in [0.5, 0.6) is 5.75 Å². The van der Waals surface area contributed by atoms with Gasteiger partial charge in [0.15, 0.2) is 0 Å². The van der Waals surface area contributed by atoms with E-state index in [2.05, 4.69) is 11.4 Å². The highest BCUT2D eigenvalue weighted by molar-refractivity contribution is 5.42. The molecule has 0 saturated carbocycles. The van der Waals surface area contributed by atoms with E-state index in [1.807, 2.05) is 12.1 Å². The van der Waals surface area contributed by atoms with Crippen LogP contribution in [0.15, 0.2) is 42.5 Å². The number of halogens is 1. The minimum Gasteiger partial charge on any atom is -0.496 e. The van der Waals surface area contributed by atoms with Crippen molar-refractivity contribution in [2.75, 3.05) is 13.7 Å². The molecular formula is C17H17FN2O. The Morgan fingerprint density at radius 2 is 2.10 bits per heavy atom. The van der Waals surface area contributed by atoms with E-state index in [-0.39, 0.29) is 5.82 Å². The van der Waals surface area contributed by atoms with Crippen LogP contribution >= 0.6 is 0 Å². The molecule has 0 saturated heterocycles. The quantitative estimate of drug-likeness (QED) is 0.829. The molecule has 0 unspecified atom stereocenters. The molecule has 2 rings (SSSR count). The van der Waals surface area contributed by atoms with Gasteiger partial charge < -0.3 is 10.1 Å². The van der Waals surface area contributed by atoms with Crippen LogP contribution in [0.4, 0.5) is 4.39 Å². The monoisotopic (exact) mass is 284 g/mol. The lowest BCUT2D eigenvalue weighted by atomic mass is 10.1. The molecule has 0 aliphatic rings. The fourth-order valence-corrected chi connectivity index (χ4v) is 2.12. The number of nitriles is 1. The molecule has 0 radical (unpaired) electrons. The Labute approximate surface area is 124 Å². The van der Waals surface area contributed by atoms with Crippen LogP contribution in [0, 0.1) is 17.1 Å². The van der Waals surface area contributed by atoms with Crippen molar-refractivity contribution >= 4 is 0 Å². The van der Waals surface area contributed by atoms with Crippen LogP contribution in [0.25, 0.3) is 0 Å². The Morgan fingerprint density at radius 1 is 1.24 bits per heavy atom. The molecule has 3 nitrogen and oxygen atoms in total. The number of benzene rings is 2. The molecule has 0 spiro atoms. The highest BCUT2D eigenvalue weighted by Crippen LogP contribution is 2.20. The number of nitrogens with zero attached hydrogens (tertiary/aromatic N) is 1. The van der Waals surface area contributed by atoms with Crippen molar-refractivity contribution in [1.29, 1.82) is 5.26 Å². The van der Waals surface area contributed by atoms with Gasteiger partial charge in [-0.3, -0.25) is 0 Å². The Kier molecular flexibility index (Phi) is 5.30. The van der Waals surface area contributed by atoms with Gasteiger partial charge >= 0.3 is 0 Å². The van der Waals surface area contributed by atoms with Crippen LogP contribution in [-0.4, -0.2) is 13.7 Å². The molecule has 0 fully saturated rings. The lowest BCUT2D eigenvalue weighted by molar-refractivity contribution is 0.409. The van der Waals surface area contributed by atoms with Gasteiger partial charge in [-0.15, -0.1) is 0 Å². The SMILES string of the molecule is COc1cc(C#N)ccc1CCNCc1cccc(F)c1. The van der Waals surface area contributed by atoms with E-state index < -0.39 is 0 Å². The molecule has 2 aromatic carbocycles. The Balaban J connectivity index is 1.87. The molecule has 0 amide bonds. The van der Waals surface area contributed by atoms with Crippen molar-refractivity contribution in [2.24, 2.45) is 0 Å². The summed E-state index contributed by atoms with van der Waals surface area (Å²) in [5.74, 6) is 0.504.